The molecule has 0 spiro atoms. The van der Waals surface area contributed by atoms with E-state index in [0.29, 0.717) is 10.8 Å². The maximum Gasteiger partial charge on any atom is 0.335 e. The van der Waals surface area contributed by atoms with E-state index in [2.05, 4.69) is 5.32 Å². The zero-order chi connectivity index (χ0) is 17.0. The molecule has 0 unspecified atom stereocenters. The molecular weight excluding hydrogens is 365 g/mol. The van der Waals surface area contributed by atoms with Crippen molar-refractivity contribution < 1.29 is 19.4 Å². The van der Waals surface area contributed by atoms with Gasteiger partial charge in [-0.1, -0.05) is 34.8 Å². The van der Waals surface area contributed by atoms with Gasteiger partial charge in [0.2, 0.25) is 0 Å². The molecule has 0 saturated carbocycles. The average Bonchev–Trinajstić information content (AvgIpc) is 2.48. The smallest absolute Gasteiger partial charge is 0.335 e. The van der Waals surface area contributed by atoms with E-state index in [-0.39, 0.29) is 27.9 Å². The number of rotatable bonds is 5. The Hall–Kier alpha value is -1.95. The number of carbonyl (C=O) groups excluding carboxylic acids is 1. The van der Waals surface area contributed by atoms with Crippen molar-refractivity contribution in [3.05, 3.63) is 57.0 Å². The number of carboxylic acid groups (broad SMARTS) is 1. The van der Waals surface area contributed by atoms with Gasteiger partial charge in [0, 0.05) is 5.02 Å². The van der Waals surface area contributed by atoms with Crippen molar-refractivity contribution >= 4 is 52.4 Å². The Bertz CT molecular complexity index is 764. The van der Waals surface area contributed by atoms with Crippen LogP contribution in [0.25, 0.3) is 0 Å². The van der Waals surface area contributed by atoms with Gasteiger partial charge in [-0.3, -0.25) is 4.79 Å². The van der Waals surface area contributed by atoms with Crippen molar-refractivity contribution in [2.45, 2.75) is 0 Å². The SMILES string of the molecule is O=C(COc1ccc(Cl)cc1Cl)Nc1cc(C(=O)O)ccc1Cl. The van der Waals surface area contributed by atoms with E-state index in [1.165, 1.54) is 30.3 Å². The third-order valence-corrected chi connectivity index (χ3v) is 3.60. The molecule has 1 amide bonds. The lowest BCUT2D eigenvalue weighted by Crippen LogP contribution is -2.20. The molecule has 0 radical (unpaired) electrons. The lowest BCUT2D eigenvalue weighted by Gasteiger charge is -2.10. The number of hydrogen-bond donors (Lipinski definition) is 2. The number of anilines is 1. The van der Waals surface area contributed by atoms with E-state index in [1.807, 2.05) is 0 Å². The molecule has 8 heteroatoms. The van der Waals surface area contributed by atoms with Crippen molar-refractivity contribution in [2.24, 2.45) is 0 Å². The summed E-state index contributed by atoms with van der Waals surface area (Å²) in [7, 11) is 0. The molecule has 23 heavy (non-hydrogen) atoms. The summed E-state index contributed by atoms with van der Waals surface area (Å²) in [5, 5.41) is 12.3. The molecule has 0 aliphatic heterocycles. The van der Waals surface area contributed by atoms with E-state index >= 15 is 0 Å². The van der Waals surface area contributed by atoms with Crippen molar-refractivity contribution in [2.75, 3.05) is 11.9 Å². The van der Waals surface area contributed by atoms with Crippen molar-refractivity contribution in [3.63, 3.8) is 0 Å². The first-order valence-electron chi connectivity index (χ1n) is 6.27. The molecule has 120 valence electrons. The van der Waals surface area contributed by atoms with Gasteiger partial charge in [0.05, 0.1) is 21.3 Å². The second kappa shape index (κ2) is 7.55. The normalized spacial score (nSPS) is 10.2. The Balaban J connectivity index is 2.02. The largest absolute Gasteiger partial charge is 0.482 e. The third-order valence-electron chi connectivity index (χ3n) is 2.74. The summed E-state index contributed by atoms with van der Waals surface area (Å²) in [6.07, 6.45) is 0. The van der Waals surface area contributed by atoms with Crippen LogP contribution in [0.1, 0.15) is 10.4 Å². The maximum absolute atomic E-state index is 11.9. The summed E-state index contributed by atoms with van der Waals surface area (Å²) < 4.78 is 5.28. The van der Waals surface area contributed by atoms with Crippen molar-refractivity contribution in [1.29, 1.82) is 0 Å². The van der Waals surface area contributed by atoms with Gasteiger partial charge < -0.3 is 15.2 Å². The molecule has 5 nitrogen and oxygen atoms in total. The van der Waals surface area contributed by atoms with Gasteiger partial charge in [-0.25, -0.2) is 4.79 Å². The van der Waals surface area contributed by atoms with Crippen LogP contribution in [0.15, 0.2) is 36.4 Å². The monoisotopic (exact) mass is 373 g/mol. The van der Waals surface area contributed by atoms with E-state index in [1.54, 1.807) is 6.07 Å². The fourth-order valence-corrected chi connectivity index (χ4v) is 2.30. The van der Waals surface area contributed by atoms with Gasteiger partial charge >= 0.3 is 5.97 Å². The van der Waals surface area contributed by atoms with Crippen molar-refractivity contribution in [3.8, 4) is 5.75 Å². The lowest BCUT2D eigenvalue weighted by molar-refractivity contribution is -0.118. The molecule has 0 fully saturated rings. The van der Waals surface area contributed by atoms with Crippen molar-refractivity contribution in [1.82, 2.24) is 0 Å². The Morgan fingerprint density at radius 1 is 1.04 bits per heavy atom. The standard InChI is InChI=1S/C15H10Cl3NO4/c16-9-2-4-13(11(18)6-9)23-7-14(20)19-12-5-8(15(21)22)1-3-10(12)17/h1-6H,7H2,(H,19,20)(H,21,22). The van der Waals surface area contributed by atoms with E-state index in [9.17, 15) is 9.59 Å². The number of carbonyl (C=O) groups is 2. The van der Waals surface area contributed by atoms with Crippen LogP contribution in [0.3, 0.4) is 0 Å². The first kappa shape index (κ1) is 17.4. The summed E-state index contributed by atoms with van der Waals surface area (Å²) in [5.41, 5.74) is 0.189. The number of nitrogens with one attached hydrogen (secondary N) is 1. The molecular formula is C15H10Cl3NO4. The third kappa shape index (κ3) is 4.76. The molecule has 2 N–H and O–H groups in total. The minimum atomic E-state index is -1.12. The quantitative estimate of drug-likeness (QED) is 0.815. The molecule has 0 heterocycles. The van der Waals surface area contributed by atoms with Crippen LogP contribution in [0.2, 0.25) is 15.1 Å². The molecule has 0 bridgehead atoms. The fourth-order valence-electron chi connectivity index (χ4n) is 1.68. The molecule has 2 aromatic carbocycles. The number of ether oxygens (including phenoxy) is 1. The number of carboxylic acids is 1. The van der Waals surface area contributed by atoms with Crippen LogP contribution in [-0.4, -0.2) is 23.6 Å². The number of aromatic carboxylic acids is 1. The average molecular weight is 375 g/mol. The highest BCUT2D eigenvalue weighted by Gasteiger charge is 2.11. The molecule has 2 rings (SSSR count). The van der Waals surface area contributed by atoms with Gasteiger partial charge in [-0.05, 0) is 36.4 Å². The summed E-state index contributed by atoms with van der Waals surface area (Å²) >= 11 is 17.6. The summed E-state index contributed by atoms with van der Waals surface area (Å²) in [6.45, 7) is -0.324. The Morgan fingerprint density at radius 3 is 2.43 bits per heavy atom. The van der Waals surface area contributed by atoms with E-state index in [0.717, 1.165) is 0 Å². The first-order chi connectivity index (χ1) is 10.9. The van der Waals surface area contributed by atoms with Gasteiger partial charge in [-0.15, -0.1) is 0 Å². The van der Waals surface area contributed by atoms with E-state index < -0.39 is 11.9 Å². The topological polar surface area (TPSA) is 75.6 Å². The number of benzene rings is 2. The second-order valence-corrected chi connectivity index (χ2v) is 5.66. The molecule has 0 atom stereocenters. The lowest BCUT2D eigenvalue weighted by atomic mass is 10.2. The molecule has 0 aliphatic carbocycles. The summed E-state index contributed by atoms with van der Waals surface area (Å²) in [5.74, 6) is -1.33. The fraction of sp³-hybridized carbons (Fsp3) is 0.0667. The van der Waals surface area contributed by atoms with Crippen LogP contribution in [0.5, 0.6) is 5.75 Å². The Kier molecular flexibility index (Phi) is 5.71. The summed E-state index contributed by atoms with van der Waals surface area (Å²) in [4.78, 5) is 22.8. The highest BCUT2D eigenvalue weighted by molar-refractivity contribution is 6.35. The van der Waals surface area contributed by atoms with Gasteiger partial charge in [0.25, 0.3) is 5.91 Å². The number of amides is 1. The predicted molar refractivity (Wildman–Crippen MR) is 89.0 cm³/mol. The van der Waals surface area contributed by atoms with Gasteiger partial charge in [-0.2, -0.15) is 0 Å². The minimum absolute atomic E-state index is 0.00589. The Labute approximate surface area is 146 Å². The van der Waals surface area contributed by atoms with Crippen LogP contribution in [0, 0.1) is 0 Å². The summed E-state index contributed by atoms with van der Waals surface area (Å²) in [6, 6.07) is 8.59. The number of hydrogen-bond acceptors (Lipinski definition) is 3. The van der Waals surface area contributed by atoms with Crippen LogP contribution >= 0.6 is 34.8 Å². The maximum atomic E-state index is 11.9. The van der Waals surface area contributed by atoms with Gasteiger partial charge in [0.1, 0.15) is 5.75 Å². The minimum Gasteiger partial charge on any atom is -0.482 e. The van der Waals surface area contributed by atoms with Crippen LogP contribution < -0.4 is 10.1 Å². The van der Waals surface area contributed by atoms with E-state index in [4.69, 9.17) is 44.6 Å². The number of halogens is 3. The molecule has 0 aliphatic rings. The molecule has 2 aromatic rings. The zero-order valence-electron chi connectivity index (χ0n) is 11.5. The molecule has 0 saturated heterocycles. The predicted octanol–water partition coefficient (Wildman–Crippen LogP) is 4.36. The second-order valence-electron chi connectivity index (χ2n) is 4.41. The van der Waals surface area contributed by atoms with Crippen LogP contribution in [-0.2, 0) is 4.79 Å². The zero-order valence-corrected chi connectivity index (χ0v) is 13.7. The highest BCUT2D eigenvalue weighted by Crippen LogP contribution is 2.27. The highest BCUT2D eigenvalue weighted by atomic mass is 35.5. The van der Waals surface area contributed by atoms with Gasteiger partial charge in [0.15, 0.2) is 6.61 Å². The first-order valence-corrected chi connectivity index (χ1v) is 7.41. The Morgan fingerprint density at radius 2 is 1.78 bits per heavy atom. The molecule has 0 aromatic heterocycles. The van der Waals surface area contributed by atoms with Crippen LogP contribution in [0.4, 0.5) is 5.69 Å².